The van der Waals surface area contributed by atoms with E-state index in [4.69, 9.17) is 0 Å². The monoisotopic (exact) mass is 367 g/mol. The Kier molecular flexibility index (Phi) is 4.03. The van der Waals surface area contributed by atoms with Gasteiger partial charge in [-0.2, -0.15) is 16.4 Å². The van der Waals surface area contributed by atoms with Crippen molar-refractivity contribution in [3.8, 4) is 11.3 Å². The van der Waals surface area contributed by atoms with E-state index in [0.29, 0.717) is 12.4 Å². The van der Waals surface area contributed by atoms with Crippen molar-refractivity contribution in [3.63, 3.8) is 0 Å². The van der Waals surface area contributed by atoms with Crippen molar-refractivity contribution in [2.75, 3.05) is 11.9 Å². The first-order valence-corrected chi connectivity index (χ1v) is 9.44. The number of nitrogens with zero attached hydrogens (tertiary/aromatic N) is 4. The van der Waals surface area contributed by atoms with Gasteiger partial charge in [0.05, 0.1) is 11.7 Å². The van der Waals surface area contributed by atoms with Gasteiger partial charge in [0, 0.05) is 48.4 Å². The fraction of sp³-hybridized carbons (Fsp3) is 0.316. The standard InChI is InChI=1S/C19H21N5OS/c1-19(2)12-24(17(19)13-5-4-7-20-10-13)18(25)21-16-9-15(22-23(16)3)14-6-8-26-11-14/h4-11,17H,12H2,1-3H3,(H,21,25). The number of aryl methyl sites for hydroxylation is 1. The SMILES string of the molecule is Cn1nc(-c2ccsc2)cc1NC(=O)N1CC(C)(C)C1c1cccnc1. The molecule has 0 bridgehead atoms. The van der Waals surface area contributed by atoms with Crippen LogP contribution in [0.2, 0.25) is 0 Å². The van der Waals surface area contributed by atoms with E-state index in [1.807, 2.05) is 53.2 Å². The molecule has 3 aromatic heterocycles. The summed E-state index contributed by atoms with van der Waals surface area (Å²) in [4.78, 5) is 18.9. The van der Waals surface area contributed by atoms with E-state index in [1.54, 1.807) is 22.2 Å². The number of pyridine rings is 1. The second kappa shape index (κ2) is 6.25. The molecule has 0 spiro atoms. The van der Waals surface area contributed by atoms with Crippen LogP contribution < -0.4 is 5.32 Å². The Morgan fingerprint density at radius 2 is 2.23 bits per heavy atom. The molecule has 0 radical (unpaired) electrons. The largest absolute Gasteiger partial charge is 0.323 e. The molecule has 4 rings (SSSR count). The average Bonchev–Trinajstić information content (AvgIpc) is 3.24. The summed E-state index contributed by atoms with van der Waals surface area (Å²) in [6.45, 7) is 5.05. The number of anilines is 1. The normalized spacial score (nSPS) is 18.4. The van der Waals surface area contributed by atoms with E-state index in [2.05, 4.69) is 29.2 Å². The van der Waals surface area contributed by atoms with Crippen molar-refractivity contribution in [1.29, 1.82) is 0 Å². The molecule has 1 aliphatic heterocycles. The molecule has 2 amide bonds. The van der Waals surface area contributed by atoms with E-state index in [0.717, 1.165) is 16.8 Å². The average molecular weight is 367 g/mol. The van der Waals surface area contributed by atoms with Crippen LogP contribution in [-0.4, -0.2) is 32.2 Å². The summed E-state index contributed by atoms with van der Waals surface area (Å²) in [6.07, 6.45) is 3.59. The number of hydrogen-bond acceptors (Lipinski definition) is 4. The van der Waals surface area contributed by atoms with Crippen molar-refractivity contribution in [2.24, 2.45) is 12.5 Å². The number of urea groups is 1. The van der Waals surface area contributed by atoms with Gasteiger partial charge in [-0.3, -0.25) is 15.0 Å². The molecule has 1 saturated heterocycles. The van der Waals surface area contributed by atoms with Crippen LogP contribution in [-0.2, 0) is 7.05 Å². The fourth-order valence-corrected chi connectivity index (χ4v) is 4.25. The third-order valence-corrected chi connectivity index (χ3v) is 5.51. The minimum absolute atomic E-state index is 0.0146. The van der Waals surface area contributed by atoms with Crippen molar-refractivity contribution in [2.45, 2.75) is 19.9 Å². The number of rotatable bonds is 3. The molecule has 1 N–H and O–H groups in total. The van der Waals surface area contributed by atoms with Gasteiger partial charge in [-0.25, -0.2) is 4.79 Å². The van der Waals surface area contributed by atoms with Crippen LogP contribution in [0.25, 0.3) is 11.3 Å². The van der Waals surface area contributed by atoms with Gasteiger partial charge in [-0.05, 0) is 23.1 Å². The number of hydrogen-bond donors (Lipinski definition) is 1. The van der Waals surface area contributed by atoms with E-state index in [-0.39, 0.29) is 17.5 Å². The van der Waals surface area contributed by atoms with E-state index >= 15 is 0 Å². The van der Waals surface area contributed by atoms with Gasteiger partial charge in [0.2, 0.25) is 0 Å². The third kappa shape index (κ3) is 2.88. The van der Waals surface area contributed by atoms with Crippen LogP contribution in [0.5, 0.6) is 0 Å². The first kappa shape index (κ1) is 16.8. The van der Waals surface area contributed by atoms with Crippen LogP contribution in [0, 0.1) is 5.41 Å². The lowest BCUT2D eigenvalue weighted by Gasteiger charge is -2.54. The summed E-state index contributed by atoms with van der Waals surface area (Å²) in [7, 11) is 1.84. The lowest BCUT2D eigenvalue weighted by Crippen LogP contribution is -2.59. The van der Waals surface area contributed by atoms with Crippen molar-refractivity contribution >= 4 is 23.2 Å². The number of carbonyl (C=O) groups is 1. The number of likely N-dealkylation sites (tertiary alicyclic amines) is 1. The molecule has 0 aliphatic carbocycles. The maximum absolute atomic E-state index is 12.9. The van der Waals surface area contributed by atoms with Gasteiger partial charge in [-0.1, -0.05) is 19.9 Å². The number of carbonyl (C=O) groups excluding carboxylic acids is 1. The zero-order valence-corrected chi connectivity index (χ0v) is 15.8. The Labute approximate surface area is 156 Å². The summed E-state index contributed by atoms with van der Waals surface area (Å²) in [5, 5.41) is 11.6. The minimum Gasteiger partial charge on any atom is -0.316 e. The first-order valence-electron chi connectivity index (χ1n) is 8.50. The van der Waals surface area contributed by atoms with Gasteiger partial charge in [0.1, 0.15) is 5.82 Å². The number of aromatic nitrogens is 3. The summed E-state index contributed by atoms with van der Waals surface area (Å²) < 4.78 is 1.70. The topological polar surface area (TPSA) is 63.1 Å². The molecule has 7 heteroatoms. The zero-order valence-electron chi connectivity index (χ0n) is 15.0. The predicted octanol–water partition coefficient (Wildman–Crippen LogP) is 4.16. The third-order valence-electron chi connectivity index (χ3n) is 4.82. The maximum Gasteiger partial charge on any atom is 0.323 e. The molecule has 26 heavy (non-hydrogen) atoms. The fourth-order valence-electron chi connectivity index (χ4n) is 3.60. The number of nitrogens with one attached hydrogen (secondary N) is 1. The number of thiophene rings is 1. The predicted molar refractivity (Wildman–Crippen MR) is 103 cm³/mol. The molecule has 6 nitrogen and oxygen atoms in total. The second-order valence-electron chi connectivity index (χ2n) is 7.29. The molecule has 3 aromatic rings. The highest BCUT2D eigenvalue weighted by molar-refractivity contribution is 7.08. The first-order chi connectivity index (χ1) is 12.5. The Hall–Kier alpha value is -2.67. The maximum atomic E-state index is 12.9. The molecule has 4 heterocycles. The zero-order chi connectivity index (χ0) is 18.3. The smallest absolute Gasteiger partial charge is 0.316 e. The van der Waals surface area contributed by atoms with Crippen molar-refractivity contribution in [1.82, 2.24) is 19.7 Å². The van der Waals surface area contributed by atoms with Crippen LogP contribution in [0.15, 0.2) is 47.4 Å². The molecule has 134 valence electrons. The van der Waals surface area contributed by atoms with Gasteiger partial charge < -0.3 is 4.90 Å². The molecular formula is C19H21N5OS. The van der Waals surface area contributed by atoms with E-state index in [1.165, 1.54) is 0 Å². The van der Waals surface area contributed by atoms with Crippen LogP contribution in [0.3, 0.4) is 0 Å². The van der Waals surface area contributed by atoms with E-state index < -0.39 is 0 Å². The van der Waals surface area contributed by atoms with Crippen molar-refractivity contribution in [3.05, 3.63) is 53.0 Å². The molecule has 1 fully saturated rings. The van der Waals surface area contributed by atoms with Crippen LogP contribution >= 0.6 is 11.3 Å². The minimum atomic E-state index is -0.113. The Morgan fingerprint density at radius 1 is 1.38 bits per heavy atom. The van der Waals surface area contributed by atoms with Gasteiger partial charge in [0.25, 0.3) is 0 Å². The lowest BCUT2D eigenvalue weighted by molar-refractivity contribution is -0.0117. The molecule has 1 aliphatic rings. The summed E-state index contributed by atoms with van der Waals surface area (Å²) >= 11 is 1.63. The van der Waals surface area contributed by atoms with Gasteiger partial charge in [-0.15, -0.1) is 0 Å². The van der Waals surface area contributed by atoms with Crippen LogP contribution in [0.1, 0.15) is 25.5 Å². The highest BCUT2D eigenvalue weighted by Crippen LogP contribution is 2.48. The molecule has 0 saturated carbocycles. The second-order valence-corrected chi connectivity index (χ2v) is 8.07. The molecule has 0 aromatic carbocycles. The summed E-state index contributed by atoms with van der Waals surface area (Å²) in [5.41, 5.74) is 3.00. The molecule has 1 atom stereocenters. The highest BCUT2D eigenvalue weighted by atomic mass is 32.1. The molecule has 1 unspecified atom stereocenters. The Morgan fingerprint density at radius 3 is 2.88 bits per heavy atom. The molecular weight excluding hydrogens is 346 g/mol. The highest BCUT2D eigenvalue weighted by Gasteiger charge is 2.49. The quantitative estimate of drug-likeness (QED) is 0.756. The Bertz CT molecular complexity index is 917. The van der Waals surface area contributed by atoms with E-state index in [9.17, 15) is 4.79 Å². The van der Waals surface area contributed by atoms with Gasteiger partial charge in [0.15, 0.2) is 0 Å². The van der Waals surface area contributed by atoms with Crippen LogP contribution in [0.4, 0.5) is 10.6 Å². The summed E-state index contributed by atoms with van der Waals surface area (Å²) in [5.74, 6) is 0.686. The summed E-state index contributed by atoms with van der Waals surface area (Å²) in [6, 6.07) is 7.77. The number of amides is 2. The van der Waals surface area contributed by atoms with Crippen molar-refractivity contribution < 1.29 is 4.79 Å². The lowest BCUT2D eigenvalue weighted by atomic mass is 9.72. The van der Waals surface area contributed by atoms with Gasteiger partial charge >= 0.3 is 6.03 Å². The Balaban J connectivity index is 1.54.